The molecule has 0 radical (unpaired) electrons. The first-order chi connectivity index (χ1) is 14.4. The molecule has 4 rings (SSSR count). The third-order valence-electron chi connectivity index (χ3n) is 4.75. The molecule has 0 saturated heterocycles. The molecule has 9 heteroatoms. The van der Waals surface area contributed by atoms with Gasteiger partial charge in [-0.2, -0.15) is 5.10 Å². The number of halogens is 2. The van der Waals surface area contributed by atoms with E-state index in [4.69, 9.17) is 32.0 Å². The third-order valence-corrected chi connectivity index (χ3v) is 5.30. The highest BCUT2D eigenvalue weighted by atomic mass is 35.5. The van der Waals surface area contributed by atoms with Crippen molar-refractivity contribution >= 4 is 46.4 Å². The van der Waals surface area contributed by atoms with Crippen LogP contribution in [0.5, 0.6) is 0 Å². The number of furan rings is 2. The molecule has 3 aromatic rings. The summed E-state index contributed by atoms with van der Waals surface area (Å²) in [4.78, 5) is 24.9. The van der Waals surface area contributed by atoms with Crippen LogP contribution >= 0.6 is 23.2 Å². The van der Waals surface area contributed by atoms with Crippen molar-refractivity contribution in [1.29, 1.82) is 0 Å². The van der Waals surface area contributed by atoms with E-state index in [0.29, 0.717) is 45.6 Å². The van der Waals surface area contributed by atoms with Crippen LogP contribution in [-0.4, -0.2) is 17.5 Å². The molecule has 1 aromatic carbocycles. The quantitative estimate of drug-likeness (QED) is 0.538. The van der Waals surface area contributed by atoms with Gasteiger partial charge in [0.05, 0.1) is 22.7 Å². The molecule has 30 heavy (non-hydrogen) atoms. The minimum atomic E-state index is -0.448. The second kappa shape index (κ2) is 8.38. The molecule has 1 aliphatic carbocycles. The highest BCUT2D eigenvalue weighted by Gasteiger charge is 2.28. The van der Waals surface area contributed by atoms with Gasteiger partial charge in [-0.15, -0.1) is 0 Å². The molecule has 154 valence electrons. The third kappa shape index (κ3) is 3.99. The molecule has 0 saturated carbocycles. The molecular formula is C21H17Cl2N3O4. The predicted molar refractivity (Wildman–Crippen MR) is 114 cm³/mol. The monoisotopic (exact) mass is 445 g/mol. The van der Waals surface area contributed by atoms with Crippen molar-refractivity contribution in [3.63, 3.8) is 0 Å². The Balaban J connectivity index is 1.58. The van der Waals surface area contributed by atoms with Gasteiger partial charge < -0.3 is 14.2 Å². The van der Waals surface area contributed by atoms with Gasteiger partial charge in [0, 0.05) is 22.6 Å². The van der Waals surface area contributed by atoms with Crippen LogP contribution in [0.1, 0.15) is 50.8 Å². The Morgan fingerprint density at radius 2 is 1.97 bits per heavy atom. The fourth-order valence-electron chi connectivity index (χ4n) is 3.35. The standard InChI is InChI=1S/C21H17Cl2N3O4/c1-11-18-15(25-26-20(27)17-6-3-9-29-17)4-2-5-16(18)30-19(11)21(28)24-14-8-7-12(22)10-13(14)23/h3,6-10H,2,4-5H2,1H3,(H,24,28)(H,26,27)/b25-15+. The fourth-order valence-corrected chi connectivity index (χ4v) is 3.80. The Morgan fingerprint density at radius 3 is 2.70 bits per heavy atom. The van der Waals surface area contributed by atoms with E-state index in [2.05, 4.69) is 15.8 Å². The molecule has 7 nitrogen and oxygen atoms in total. The Kier molecular flexibility index (Phi) is 5.65. The second-order valence-electron chi connectivity index (χ2n) is 6.76. The van der Waals surface area contributed by atoms with Crippen LogP contribution in [-0.2, 0) is 6.42 Å². The lowest BCUT2D eigenvalue weighted by Gasteiger charge is -2.13. The molecule has 0 aliphatic heterocycles. The van der Waals surface area contributed by atoms with E-state index in [1.807, 2.05) is 0 Å². The van der Waals surface area contributed by atoms with Gasteiger partial charge in [0.1, 0.15) is 5.76 Å². The number of hydrogen-bond acceptors (Lipinski definition) is 5. The lowest BCUT2D eigenvalue weighted by atomic mass is 9.93. The molecule has 0 spiro atoms. The molecule has 0 fully saturated rings. The molecule has 0 unspecified atom stereocenters. The highest BCUT2D eigenvalue weighted by molar-refractivity contribution is 6.36. The summed E-state index contributed by atoms with van der Waals surface area (Å²) in [6.07, 6.45) is 3.53. The summed E-state index contributed by atoms with van der Waals surface area (Å²) in [5.74, 6) is 0.135. The van der Waals surface area contributed by atoms with Crippen molar-refractivity contribution in [1.82, 2.24) is 5.43 Å². The van der Waals surface area contributed by atoms with Gasteiger partial charge in [0.25, 0.3) is 5.91 Å². The minimum absolute atomic E-state index is 0.166. The van der Waals surface area contributed by atoms with E-state index < -0.39 is 11.8 Å². The van der Waals surface area contributed by atoms with Gasteiger partial charge in [-0.3, -0.25) is 9.59 Å². The van der Waals surface area contributed by atoms with Gasteiger partial charge in [-0.1, -0.05) is 23.2 Å². The maximum Gasteiger partial charge on any atom is 0.307 e. The smallest absolute Gasteiger partial charge is 0.307 e. The van der Waals surface area contributed by atoms with E-state index >= 15 is 0 Å². The number of carbonyl (C=O) groups excluding carboxylic acids is 2. The predicted octanol–water partition coefficient (Wildman–Crippen LogP) is 5.21. The van der Waals surface area contributed by atoms with Gasteiger partial charge in [0.15, 0.2) is 11.5 Å². The van der Waals surface area contributed by atoms with E-state index in [0.717, 1.165) is 12.0 Å². The van der Waals surface area contributed by atoms with Gasteiger partial charge in [-0.05, 0) is 50.1 Å². The maximum absolute atomic E-state index is 12.8. The number of rotatable bonds is 4. The number of anilines is 1. The van der Waals surface area contributed by atoms with Crippen LogP contribution in [0.15, 0.2) is 50.5 Å². The topological polar surface area (TPSA) is 96.8 Å². The van der Waals surface area contributed by atoms with Crippen LogP contribution in [0.3, 0.4) is 0 Å². The van der Waals surface area contributed by atoms with Crippen molar-refractivity contribution in [3.8, 4) is 0 Å². The van der Waals surface area contributed by atoms with Crippen LogP contribution in [0.4, 0.5) is 5.69 Å². The largest absolute Gasteiger partial charge is 0.459 e. The number of benzene rings is 1. The number of aryl methyl sites for hydroxylation is 1. The molecule has 1 aliphatic rings. The minimum Gasteiger partial charge on any atom is -0.459 e. The number of amides is 2. The van der Waals surface area contributed by atoms with Crippen molar-refractivity contribution in [2.75, 3.05) is 5.32 Å². The zero-order chi connectivity index (χ0) is 21.3. The summed E-state index contributed by atoms with van der Waals surface area (Å²) in [7, 11) is 0. The number of fused-ring (bicyclic) bond motifs is 1. The first-order valence-electron chi connectivity index (χ1n) is 9.23. The summed E-state index contributed by atoms with van der Waals surface area (Å²) in [5, 5.41) is 7.79. The van der Waals surface area contributed by atoms with Crippen molar-refractivity contribution in [2.24, 2.45) is 5.10 Å². The van der Waals surface area contributed by atoms with Crippen molar-refractivity contribution in [2.45, 2.75) is 26.2 Å². The van der Waals surface area contributed by atoms with Crippen LogP contribution in [0.2, 0.25) is 10.0 Å². The Hall–Kier alpha value is -3.03. The molecular weight excluding hydrogens is 429 g/mol. The zero-order valence-corrected chi connectivity index (χ0v) is 17.4. The molecule has 2 aromatic heterocycles. The lowest BCUT2D eigenvalue weighted by molar-refractivity contribution is 0.0926. The Labute approximate surface area is 182 Å². The first kappa shape index (κ1) is 20.3. The average Bonchev–Trinajstić information content (AvgIpc) is 3.37. The van der Waals surface area contributed by atoms with Gasteiger partial charge in [0.2, 0.25) is 0 Å². The first-order valence-corrected chi connectivity index (χ1v) is 9.99. The SMILES string of the molecule is Cc1c(C(=O)Nc2ccc(Cl)cc2Cl)oc2c1/C(=N/NC(=O)c1ccco1)CCC2. The van der Waals surface area contributed by atoms with E-state index in [1.165, 1.54) is 6.26 Å². The van der Waals surface area contributed by atoms with E-state index in [1.54, 1.807) is 37.3 Å². The summed E-state index contributed by atoms with van der Waals surface area (Å²) in [5.41, 5.74) is 4.98. The summed E-state index contributed by atoms with van der Waals surface area (Å²) < 4.78 is 10.9. The number of hydrazone groups is 1. The van der Waals surface area contributed by atoms with Crippen molar-refractivity contribution in [3.05, 3.63) is 75.0 Å². The number of nitrogens with zero attached hydrogens (tertiary/aromatic N) is 1. The van der Waals surface area contributed by atoms with E-state index in [9.17, 15) is 9.59 Å². The summed E-state index contributed by atoms with van der Waals surface area (Å²) >= 11 is 12.0. The zero-order valence-electron chi connectivity index (χ0n) is 15.9. The number of carbonyl (C=O) groups is 2. The molecule has 2 heterocycles. The fraction of sp³-hybridized carbons (Fsp3) is 0.190. The van der Waals surface area contributed by atoms with E-state index in [-0.39, 0.29) is 11.5 Å². The Morgan fingerprint density at radius 1 is 1.13 bits per heavy atom. The maximum atomic E-state index is 12.8. The van der Waals surface area contributed by atoms with Crippen LogP contribution in [0.25, 0.3) is 0 Å². The van der Waals surface area contributed by atoms with Crippen LogP contribution in [0, 0.1) is 6.92 Å². The lowest BCUT2D eigenvalue weighted by Crippen LogP contribution is -2.21. The number of nitrogens with one attached hydrogen (secondary N) is 2. The summed E-state index contributed by atoms with van der Waals surface area (Å²) in [6, 6.07) is 7.98. The highest BCUT2D eigenvalue weighted by Crippen LogP contribution is 2.31. The Bertz CT molecular complexity index is 1150. The van der Waals surface area contributed by atoms with Crippen LogP contribution < -0.4 is 10.7 Å². The summed E-state index contributed by atoms with van der Waals surface area (Å²) in [6.45, 7) is 1.79. The van der Waals surface area contributed by atoms with Gasteiger partial charge >= 0.3 is 5.91 Å². The number of hydrogen-bond donors (Lipinski definition) is 2. The molecule has 0 bridgehead atoms. The van der Waals surface area contributed by atoms with Gasteiger partial charge in [-0.25, -0.2) is 5.43 Å². The molecule has 2 N–H and O–H groups in total. The second-order valence-corrected chi connectivity index (χ2v) is 7.61. The average molecular weight is 446 g/mol. The normalized spacial score (nSPS) is 14.4. The van der Waals surface area contributed by atoms with Crippen molar-refractivity contribution < 1.29 is 18.4 Å². The molecule has 2 amide bonds. The molecule has 0 atom stereocenters.